The van der Waals surface area contributed by atoms with Gasteiger partial charge >= 0.3 is 6.18 Å². The number of hydrogen-bond acceptors (Lipinski definition) is 5. The number of anilines is 1. The van der Waals surface area contributed by atoms with Crippen molar-refractivity contribution in [2.75, 3.05) is 5.32 Å². The van der Waals surface area contributed by atoms with Gasteiger partial charge in [0, 0.05) is 16.5 Å². The highest BCUT2D eigenvalue weighted by molar-refractivity contribution is 7.16. The fourth-order valence-electron chi connectivity index (χ4n) is 4.28. The van der Waals surface area contributed by atoms with Gasteiger partial charge in [-0.2, -0.15) is 23.5 Å². The maximum absolute atomic E-state index is 13.9. The smallest absolute Gasteiger partial charge is 0.311 e. The summed E-state index contributed by atoms with van der Waals surface area (Å²) < 4.78 is 42.3. The molecule has 0 radical (unpaired) electrons. The molecule has 1 atom stereocenters. The van der Waals surface area contributed by atoms with Crippen LogP contribution in [0.15, 0.2) is 36.4 Å². The molecule has 1 N–H and O–H groups in total. The molecule has 6 nitrogen and oxygen atoms in total. The Morgan fingerprint density at radius 1 is 1.26 bits per heavy atom. The van der Waals surface area contributed by atoms with E-state index >= 15 is 0 Å². The number of aryl methyl sites for hydroxylation is 1. The second-order valence-corrected chi connectivity index (χ2v) is 9.92. The van der Waals surface area contributed by atoms with Crippen molar-refractivity contribution < 1.29 is 18.0 Å². The van der Waals surface area contributed by atoms with Crippen molar-refractivity contribution in [1.29, 1.82) is 5.26 Å². The predicted octanol–water partition coefficient (Wildman–Crippen LogP) is 6.03. The molecule has 3 aromatic heterocycles. The van der Waals surface area contributed by atoms with Gasteiger partial charge in [0.15, 0.2) is 17.0 Å². The molecule has 1 aliphatic carbocycles. The molecule has 0 unspecified atom stereocenters. The van der Waals surface area contributed by atoms with Gasteiger partial charge in [-0.15, -0.1) is 11.3 Å². The zero-order valence-corrected chi connectivity index (χ0v) is 19.7. The Hall–Kier alpha value is -3.71. The van der Waals surface area contributed by atoms with Gasteiger partial charge < -0.3 is 5.32 Å². The Kier molecular flexibility index (Phi) is 5.60. The first-order valence-corrected chi connectivity index (χ1v) is 11.9. The highest BCUT2D eigenvalue weighted by atomic mass is 32.1. The Balaban J connectivity index is 1.54. The third-order valence-electron chi connectivity index (χ3n) is 6.15. The molecule has 178 valence electrons. The molecule has 1 amide bonds. The summed E-state index contributed by atoms with van der Waals surface area (Å²) in [6.07, 6.45) is -2.15. The Morgan fingerprint density at radius 3 is 2.69 bits per heavy atom. The number of halogens is 3. The fourth-order valence-corrected chi connectivity index (χ4v) is 5.64. The van der Waals surface area contributed by atoms with Gasteiger partial charge in [-0.25, -0.2) is 9.50 Å². The SMILES string of the molecule is Cc1ccc(-c2cc(C(F)(F)F)n3nc(C(=O)Nc4sc5c(c4C#N)CC[C@@H](C)C5)cc3n2)cc1. The maximum atomic E-state index is 13.9. The summed E-state index contributed by atoms with van der Waals surface area (Å²) in [7, 11) is 0. The fraction of sp³-hybridized carbons (Fsp3) is 0.280. The summed E-state index contributed by atoms with van der Waals surface area (Å²) >= 11 is 1.34. The van der Waals surface area contributed by atoms with Gasteiger partial charge in [-0.3, -0.25) is 4.79 Å². The molecule has 0 fully saturated rings. The molecule has 10 heteroatoms. The molecule has 3 heterocycles. The highest BCUT2D eigenvalue weighted by Crippen LogP contribution is 2.39. The average Bonchev–Trinajstić information content (AvgIpc) is 3.38. The number of nitrogens with zero attached hydrogens (tertiary/aromatic N) is 4. The normalized spacial score (nSPS) is 15.6. The molecule has 0 spiro atoms. The van der Waals surface area contributed by atoms with E-state index in [9.17, 15) is 23.2 Å². The number of nitrogens with one attached hydrogen (secondary N) is 1. The lowest BCUT2D eigenvalue weighted by molar-refractivity contribution is -0.142. The predicted molar refractivity (Wildman–Crippen MR) is 126 cm³/mol. The minimum absolute atomic E-state index is 0.0969. The summed E-state index contributed by atoms with van der Waals surface area (Å²) in [5.74, 6) is -0.201. The van der Waals surface area contributed by atoms with E-state index in [0.717, 1.165) is 41.3 Å². The first-order valence-electron chi connectivity index (χ1n) is 11.0. The van der Waals surface area contributed by atoms with Crippen LogP contribution in [0, 0.1) is 24.2 Å². The lowest BCUT2D eigenvalue weighted by Crippen LogP contribution is -2.15. The van der Waals surface area contributed by atoms with E-state index in [-0.39, 0.29) is 17.0 Å². The Morgan fingerprint density at radius 2 is 2.00 bits per heavy atom. The monoisotopic (exact) mass is 495 g/mol. The molecule has 4 aromatic rings. The van der Waals surface area contributed by atoms with Gasteiger partial charge in [-0.1, -0.05) is 36.8 Å². The van der Waals surface area contributed by atoms with Crippen LogP contribution < -0.4 is 5.32 Å². The van der Waals surface area contributed by atoms with E-state index < -0.39 is 17.8 Å². The van der Waals surface area contributed by atoms with E-state index in [4.69, 9.17) is 0 Å². The molecule has 5 rings (SSSR count). The summed E-state index contributed by atoms with van der Waals surface area (Å²) in [5, 5.41) is 16.7. The number of benzene rings is 1. The van der Waals surface area contributed by atoms with Crippen LogP contribution in [0.2, 0.25) is 0 Å². The molecule has 1 aliphatic rings. The number of rotatable bonds is 3. The van der Waals surface area contributed by atoms with Crippen molar-refractivity contribution in [3.8, 4) is 17.3 Å². The van der Waals surface area contributed by atoms with Crippen molar-refractivity contribution in [2.45, 2.75) is 39.3 Å². The van der Waals surface area contributed by atoms with Crippen LogP contribution in [0.5, 0.6) is 0 Å². The highest BCUT2D eigenvalue weighted by Gasteiger charge is 2.36. The van der Waals surface area contributed by atoms with Crippen molar-refractivity contribution in [3.05, 3.63) is 69.4 Å². The van der Waals surface area contributed by atoms with Crippen molar-refractivity contribution >= 4 is 27.9 Å². The lowest BCUT2D eigenvalue weighted by atomic mass is 9.89. The first-order chi connectivity index (χ1) is 16.6. The van der Waals surface area contributed by atoms with Gasteiger partial charge in [0.1, 0.15) is 11.1 Å². The number of aromatic nitrogens is 3. The Bertz CT molecular complexity index is 1490. The number of hydrogen-bond donors (Lipinski definition) is 1. The van der Waals surface area contributed by atoms with Gasteiger partial charge in [0.25, 0.3) is 5.91 Å². The van der Waals surface area contributed by atoms with Crippen LogP contribution in [0.4, 0.5) is 18.2 Å². The molecular formula is C25H20F3N5OS. The van der Waals surface area contributed by atoms with Crippen LogP contribution in [0.25, 0.3) is 16.9 Å². The van der Waals surface area contributed by atoms with E-state index in [1.54, 1.807) is 24.3 Å². The number of thiophene rings is 1. The summed E-state index contributed by atoms with van der Waals surface area (Å²) in [5.41, 5.74) is 1.64. The molecular weight excluding hydrogens is 475 g/mol. The van der Waals surface area contributed by atoms with Crippen LogP contribution in [-0.4, -0.2) is 20.5 Å². The number of nitriles is 1. The van der Waals surface area contributed by atoms with Crippen LogP contribution in [0.1, 0.15) is 51.1 Å². The molecule has 35 heavy (non-hydrogen) atoms. The molecule has 1 aromatic carbocycles. The summed E-state index contributed by atoms with van der Waals surface area (Å²) in [6.45, 7) is 4.02. The first kappa shape index (κ1) is 23.1. The topological polar surface area (TPSA) is 83.1 Å². The standard InChI is InChI=1S/C25H20F3N5OS/c1-13-3-6-15(7-4-13)18-10-21(25(26,27)28)33-22(30-18)11-19(32-33)23(34)31-24-17(12-29)16-8-5-14(2)9-20(16)35-24/h3-4,6-7,10-11,14H,5,8-9H2,1-2H3,(H,31,34)/t14-/m1/s1. The lowest BCUT2D eigenvalue weighted by Gasteiger charge is -2.17. The number of carbonyl (C=O) groups excluding carboxylic acids is 1. The maximum Gasteiger partial charge on any atom is 0.433 e. The van der Waals surface area contributed by atoms with E-state index in [0.29, 0.717) is 26.6 Å². The molecule has 0 saturated carbocycles. The second kappa shape index (κ2) is 8.50. The van der Waals surface area contributed by atoms with Crippen molar-refractivity contribution in [3.63, 3.8) is 0 Å². The van der Waals surface area contributed by atoms with Crippen LogP contribution in [-0.2, 0) is 19.0 Å². The third-order valence-corrected chi connectivity index (χ3v) is 7.32. The number of amides is 1. The average molecular weight is 496 g/mol. The van der Waals surface area contributed by atoms with Gasteiger partial charge in [0.05, 0.1) is 11.3 Å². The van der Waals surface area contributed by atoms with E-state index in [1.165, 1.54) is 17.4 Å². The number of alkyl halides is 3. The summed E-state index contributed by atoms with van der Waals surface area (Å²) in [6, 6.07) is 11.3. The second-order valence-electron chi connectivity index (χ2n) is 8.81. The van der Waals surface area contributed by atoms with Gasteiger partial charge in [-0.05, 0) is 43.7 Å². The Labute approximate surface area is 203 Å². The molecule has 0 saturated heterocycles. The quantitative estimate of drug-likeness (QED) is 0.376. The van der Waals surface area contributed by atoms with E-state index in [1.807, 2.05) is 6.92 Å². The van der Waals surface area contributed by atoms with Crippen molar-refractivity contribution in [2.24, 2.45) is 5.92 Å². The minimum Gasteiger partial charge on any atom is -0.311 e. The summed E-state index contributed by atoms with van der Waals surface area (Å²) in [4.78, 5) is 18.4. The number of carbonyl (C=O) groups is 1. The van der Waals surface area contributed by atoms with Crippen LogP contribution >= 0.6 is 11.3 Å². The van der Waals surface area contributed by atoms with E-state index in [2.05, 4.69) is 28.4 Å². The van der Waals surface area contributed by atoms with Crippen molar-refractivity contribution in [1.82, 2.24) is 14.6 Å². The molecule has 0 aliphatic heterocycles. The molecule has 0 bridgehead atoms. The zero-order chi connectivity index (χ0) is 24.9. The van der Waals surface area contributed by atoms with Gasteiger partial charge in [0.2, 0.25) is 0 Å². The zero-order valence-electron chi connectivity index (χ0n) is 18.9. The number of fused-ring (bicyclic) bond motifs is 2. The van der Waals surface area contributed by atoms with Crippen LogP contribution in [0.3, 0.4) is 0 Å². The minimum atomic E-state index is -4.71. The largest absolute Gasteiger partial charge is 0.433 e. The third kappa shape index (κ3) is 4.28.